The third-order valence-electron chi connectivity index (χ3n) is 5.11. The first kappa shape index (κ1) is 30.0. The number of hydrogen-bond acceptors (Lipinski definition) is 13. The van der Waals surface area contributed by atoms with Crippen LogP contribution in [0.25, 0.3) is 0 Å². The van der Waals surface area contributed by atoms with Crippen LogP contribution in [-0.2, 0) is 43.1 Å². The molecule has 3 rings (SSSR count). The number of oxime groups is 1. The zero-order valence-electron chi connectivity index (χ0n) is 22.7. The van der Waals surface area contributed by atoms with Crippen LogP contribution in [0.2, 0.25) is 0 Å². The molecule has 1 aromatic rings. The van der Waals surface area contributed by atoms with Crippen LogP contribution in [-0.4, -0.2) is 75.6 Å². The van der Waals surface area contributed by atoms with Crippen LogP contribution in [0.3, 0.4) is 0 Å². The number of esters is 1. The van der Waals surface area contributed by atoms with Gasteiger partial charge >= 0.3 is 18.0 Å². The highest BCUT2D eigenvalue weighted by molar-refractivity contribution is 7.14. The lowest BCUT2D eigenvalue weighted by molar-refractivity contribution is -0.196. The summed E-state index contributed by atoms with van der Waals surface area (Å²) in [4.78, 5) is 77.2. The minimum absolute atomic E-state index is 0.0565. The maximum atomic E-state index is 13.1. The van der Waals surface area contributed by atoms with E-state index in [4.69, 9.17) is 23.9 Å². The van der Waals surface area contributed by atoms with Crippen LogP contribution in [0.4, 0.5) is 9.93 Å². The molecule has 0 bridgehead atoms. The number of anilines is 1. The largest absolute Gasteiger partial charge is 0.457 e. The number of imide groups is 1. The van der Waals surface area contributed by atoms with Crippen LogP contribution in [0.5, 0.6) is 0 Å². The standard InChI is InChI=1S/C24H32N4O10S/c1-22(2,3)35-19(32)24(9-11-34-12-10-24)38-27-17(18(31)37-28-15(29)7-8-16(28)30)14-13-39-20(25-14)26-21(33)36-23(4,5)6/h13H,7-12H2,1-6H3,(H,25,26,33)/b27-17-. The van der Waals surface area contributed by atoms with E-state index in [0.717, 1.165) is 11.3 Å². The molecule has 0 atom stereocenters. The van der Waals surface area contributed by atoms with E-state index in [9.17, 15) is 24.0 Å². The maximum Gasteiger partial charge on any atom is 0.413 e. The van der Waals surface area contributed by atoms with Gasteiger partial charge in [-0.15, -0.1) is 16.4 Å². The summed E-state index contributed by atoms with van der Waals surface area (Å²) in [5.74, 6) is -3.34. The van der Waals surface area contributed by atoms with Gasteiger partial charge in [0.25, 0.3) is 11.8 Å². The monoisotopic (exact) mass is 568 g/mol. The minimum Gasteiger partial charge on any atom is -0.457 e. The summed E-state index contributed by atoms with van der Waals surface area (Å²) in [7, 11) is 0. The number of thiazole rings is 1. The molecule has 3 heterocycles. The summed E-state index contributed by atoms with van der Waals surface area (Å²) in [5.41, 5.74) is -3.83. The van der Waals surface area contributed by atoms with Crippen LogP contribution < -0.4 is 5.32 Å². The number of carbonyl (C=O) groups excluding carboxylic acids is 5. The molecule has 214 valence electrons. The van der Waals surface area contributed by atoms with Crippen molar-refractivity contribution in [2.24, 2.45) is 5.16 Å². The fourth-order valence-corrected chi connectivity index (χ4v) is 4.02. The van der Waals surface area contributed by atoms with Crippen LogP contribution in [0.1, 0.15) is 72.9 Å². The summed E-state index contributed by atoms with van der Waals surface area (Å²) >= 11 is 0.942. The van der Waals surface area contributed by atoms with E-state index in [1.165, 1.54) is 5.38 Å². The van der Waals surface area contributed by atoms with E-state index in [0.29, 0.717) is 5.06 Å². The van der Waals surface area contributed by atoms with E-state index < -0.39 is 52.4 Å². The summed E-state index contributed by atoms with van der Waals surface area (Å²) in [5, 5.41) is 8.14. The van der Waals surface area contributed by atoms with Gasteiger partial charge in [-0.1, -0.05) is 5.16 Å². The lowest BCUT2D eigenvalue weighted by Crippen LogP contribution is -2.49. The van der Waals surface area contributed by atoms with Crippen LogP contribution in [0.15, 0.2) is 10.5 Å². The lowest BCUT2D eigenvalue weighted by atomic mass is 9.94. The number of hydrogen-bond donors (Lipinski definition) is 1. The number of hydroxylamine groups is 2. The predicted octanol–water partition coefficient (Wildman–Crippen LogP) is 2.71. The first-order valence-corrected chi connectivity index (χ1v) is 13.1. The molecule has 1 N–H and O–H groups in total. The van der Waals surface area contributed by atoms with Gasteiger partial charge in [-0.2, -0.15) is 0 Å². The zero-order valence-corrected chi connectivity index (χ0v) is 23.5. The molecule has 0 aromatic carbocycles. The Hall–Kier alpha value is -3.59. The number of ether oxygens (including phenoxy) is 3. The average molecular weight is 569 g/mol. The number of aromatic nitrogens is 1. The Morgan fingerprint density at radius 3 is 2.18 bits per heavy atom. The second kappa shape index (κ2) is 11.7. The van der Waals surface area contributed by atoms with Gasteiger partial charge in [-0.05, 0) is 41.5 Å². The molecule has 0 unspecified atom stereocenters. The van der Waals surface area contributed by atoms with Gasteiger partial charge in [0.15, 0.2) is 5.13 Å². The Balaban J connectivity index is 1.92. The van der Waals surface area contributed by atoms with Crippen molar-refractivity contribution in [1.29, 1.82) is 0 Å². The fourth-order valence-electron chi connectivity index (χ4n) is 3.34. The molecule has 2 aliphatic rings. The normalized spacial score (nSPS) is 18.0. The number of nitrogens with zero attached hydrogens (tertiary/aromatic N) is 3. The third-order valence-corrected chi connectivity index (χ3v) is 5.87. The molecule has 15 heteroatoms. The van der Waals surface area contributed by atoms with Crippen molar-refractivity contribution in [2.45, 2.75) is 84.0 Å². The number of nitrogens with one attached hydrogen (secondary N) is 1. The van der Waals surface area contributed by atoms with E-state index in [2.05, 4.69) is 15.5 Å². The van der Waals surface area contributed by atoms with Crippen molar-refractivity contribution in [3.8, 4) is 0 Å². The molecular weight excluding hydrogens is 536 g/mol. The van der Waals surface area contributed by atoms with Crippen LogP contribution >= 0.6 is 11.3 Å². The first-order chi connectivity index (χ1) is 18.1. The molecule has 2 saturated heterocycles. The Morgan fingerprint density at radius 2 is 1.62 bits per heavy atom. The molecule has 0 aliphatic carbocycles. The van der Waals surface area contributed by atoms with Gasteiger partial charge in [0.2, 0.25) is 11.3 Å². The minimum atomic E-state index is -1.58. The highest BCUT2D eigenvalue weighted by atomic mass is 32.1. The molecule has 0 spiro atoms. The van der Waals surface area contributed by atoms with Gasteiger partial charge in [0.1, 0.15) is 16.9 Å². The Kier molecular flexibility index (Phi) is 8.95. The fraction of sp³-hybridized carbons (Fsp3) is 0.625. The summed E-state index contributed by atoms with van der Waals surface area (Å²) < 4.78 is 16.1. The Morgan fingerprint density at radius 1 is 1.03 bits per heavy atom. The van der Waals surface area contributed by atoms with E-state index >= 15 is 0 Å². The van der Waals surface area contributed by atoms with E-state index in [1.54, 1.807) is 41.5 Å². The lowest BCUT2D eigenvalue weighted by Gasteiger charge is -2.34. The summed E-state index contributed by atoms with van der Waals surface area (Å²) in [6, 6.07) is 0. The van der Waals surface area contributed by atoms with E-state index in [1.807, 2.05) is 0 Å². The van der Waals surface area contributed by atoms with Crippen molar-refractivity contribution in [3.05, 3.63) is 11.1 Å². The molecule has 0 radical (unpaired) electrons. The first-order valence-electron chi connectivity index (χ1n) is 12.2. The van der Waals surface area contributed by atoms with Crippen molar-refractivity contribution < 1.29 is 47.9 Å². The highest BCUT2D eigenvalue weighted by Crippen LogP contribution is 2.30. The van der Waals surface area contributed by atoms with Gasteiger partial charge in [0.05, 0.1) is 13.2 Å². The predicted molar refractivity (Wildman–Crippen MR) is 135 cm³/mol. The number of rotatable bonds is 7. The average Bonchev–Trinajstić information content (AvgIpc) is 3.39. The molecule has 2 aliphatic heterocycles. The molecule has 2 fully saturated rings. The molecule has 1 aromatic heterocycles. The van der Waals surface area contributed by atoms with E-state index in [-0.39, 0.29) is 49.7 Å². The maximum absolute atomic E-state index is 13.1. The number of carbonyl (C=O) groups is 5. The van der Waals surface area contributed by atoms with Gasteiger partial charge in [0, 0.05) is 31.1 Å². The highest BCUT2D eigenvalue weighted by Gasteiger charge is 2.47. The second-order valence-corrected chi connectivity index (χ2v) is 11.6. The van der Waals surface area contributed by atoms with Gasteiger partial charge < -0.3 is 23.9 Å². The SMILES string of the molecule is CC(C)(C)OC(=O)Nc1nc(/C(=N/OC2(C(=O)OC(C)(C)C)CCOCC2)C(=O)ON2C(=O)CCC2=O)cs1. The molecular formula is C24H32N4O10S. The Bertz CT molecular complexity index is 1140. The third kappa shape index (κ3) is 8.20. The second-order valence-electron chi connectivity index (χ2n) is 10.8. The molecule has 39 heavy (non-hydrogen) atoms. The smallest absolute Gasteiger partial charge is 0.413 e. The van der Waals surface area contributed by atoms with Crippen molar-refractivity contribution in [3.63, 3.8) is 0 Å². The topological polar surface area (TPSA) is 172 Å². The van der Waals surface area contributed by atoms with Crippen molar-refractivity contribution in [1.82, 2.24) is 10.0 Å². The van der Waals surface area contributed by atoms with Gasteiger partial charge in [-0.25, -0.2) is 19.4 Å². The zero-order chi connectivity index (χ0) is 29.0. The Labute approximate surface area is 228 Å². The molecule has 14 nitrogen and oxygen atoms in total. The quantitative estimate of drug-likeness (QED) is 0.222. The summed E-state index contributed by atoms with van der Waals surface area (Å²) in [6.45, 7) is 10.5. The van der Waals surface area contributed by atoms with Crippen LogP contribution in [0, 0.1) is 0 Å². The van der Waals surface area contributed by atoms with Crippen molar-refractivity contribution in [2.75, 3.05) is 18.5 Å². The summed E-state index contributed by atoms with van der Waals surface area (Å²) in [6.07, 6.45) is -0.840. The molecule has 3 amide bonds. The van der Waals surface area contributed by atoms with Crippen molar-refractivity contribution >= 4 is 52.0 Å². The number of amides is 3. The van der Waals surface area contributed by atoms with Gasteiger partial charge in [-0.3, -0.25) is 14.9 Å². The molecule has 0 saturated carbocycles.